The molecule has 0 aliphatic rings. The fourth-order valence-electron chi connectivity index (χ4n) is 1.45. The SMILES string of the molecule is CC(O)(Cn1cncn1)Cn1[nH]cnc1=S. The van der Waals surface area contributed by atoms with Crippen LogP contribution in [-0.4, -0.2) is 40.2 Å². The molecule has 1 unspecified atom stereocenters. The minimum absolute atomic E-state index is 0.325. The van der Waals surface area contributed by atoms with E-state index in [1.165, 1.54) is 12.7 Å². The van der Waals surface area contributed by atoms with Gasteiger partial charge in [-0.15, -0.1) is 0 Å². The number of hydrogen-bond donors (Lipinski definition) is 2. The Kier molecular flexibility index (Phi) is 2.84. The third-order valence-electron chi connectivity index (χ3n) is 2.09. The van der Waals surface area contributed by atoms with Crippen molar-refractivity contribution in [3.63, 3.8) is 0 Å². The predicted molar refractivity (Wildman–Crippen MR) is 58.1 cm³/mol. The van der Waals surface area contributed by atoms with Gasteiger partial charge in [-0.1, -0.05) is 0 Å². The van der Waals surface area contributed by atoms with Crippen LogP contribution in [0.4, 0.5) is 0 Å². The van der Waals surface area contributed by atoms with E-state index in [0.29, 0.717) is 17.9 Å². The average Bonchev–Trinajstić information content (AvgIpc) is 2.78. The van der Waals surface area contributed by atoms with Gasteiger partial charge in [-0.05, 0) is 19.1 Å². The zero-order valence-corrected chi connectivity index (χ0v) is 9.55. The highest BCUT2D eigenvalue weighted by Gasteiger charge is 2.22. The molecule has 0 spiro atoms. The molecule has 0 fully saturated rings. The maximum Gasteiger partial charge on any atom is 0.215 e. The van der Waals surface area contributed by atoms with Gasteiger partial charge >= 0.3 is 0 Å². The summed E-state index contributed by atoms with van der Waals surface area (Å²) in [6.07, 6.45) is 4.48. The number of hydrogen-bond acceptors (Lipinski definition) is 5. The Bertz CT molecular complexity index is 499. The molecule has 0 radical (unpaired) electrons. The first-order chi connectivity index (χ1) is 7.57. The number of H-pyrrole nitrogens is 1. The van der Waals surface area contributed by atoms with Crippen LogP contribution in [-0.2, 0) is 13.1 Å². The molecule has 0 aromatic carbocycles. The Hall–Kier alpha value is -1.54. The number of aromatic nitrogens is 6. The normalized spacial score (nSPS) is 14.9. The molecule has 2 rings (SSSR count). The van der Waals surface area contributed by atoms with Crippen molar-refractivity contribution in [1.29, 1.82) is 0 Å². The Morgan fingerprint density at radius 2 is 2.38 bits per heavy atom. The van der Waals surface area contributed by atoms with Crippen molar-refractivity contribution in [3.05, 3.63) is 23.8 Å². The number of aliphatic hydroxyl groups is 1. The standard InChI is InChI=1S/C8H12N6OS/c1-8(15,2-13-6-9-4-11-13)3-14-7(16)10-5-12-14/h4-6,15H,2-3H2,1H3,(H,10,12,16). The van der Waals surface area contributed by atoms with Crippen LogP contribution in [0.15, 0.2) is 19.0 Å². The van der Waals surface area contributed by atoms with E-state index >= 15 is 0 Å². The van der Waals surface area contributed by atoms with E-state index in [9.17, 15) is 5.11 Å². The van der Waals surface area contributed by atoms with E-state index in [1.54, 1.807) is 22.6 Å². The fraction of sp³-hybridized carbons (Fsp3) is 0.500. The Balaban J connectivity index is 2.08. The Morgan fingerprint density at radius 3 is 2.94 bits per heavy atom. The summed E-state index contributed by atoms with van der Waals surface area (Å²) in [4.78, 5) is 7.69. The Labute approximate surface area is 96.8 Å². The summed E-state index contributed by atoms with van der Waals surface area (Å²) in [5.74, 6) is 0. The first-order valence-corrected chi connectivity index (χ1v) is 5.13. The van der Waals surface area contributed by atoms with E-state index < -0.39 is 5.60 Å². The van der Waals surface area contributed by atoms with Gasteiger partial charge in [0.15, 0.2) is 0 Å². The highest BCUT2D eigenvalue weighted by Crippen LogP contribution is 2.09. The lowest BCUT2D eigenvalue weighted by molar-refractivity contribution is 0.0174. The van der Waals surface area contributed by atoms with E-state index in [1.807, 2.05) is 0 Å². The van der Waals surface area contributed by atoms with Gasteiger partial charge in [0, 0.05) is 0 Å². The molecule has 7 nitrogen and oxygen atoms in total. The average molecular weight is 240 g/mol. The van der Waals surface area contributed by atoms with Crippen LogP contribution >= 0.6 is 12.2 Å². The highest BCUT2D eigenvalue weighted by molar-refractivity contribution is 7.71. The lowest BCUT2D eigenvalue weighted by Gasteiger charge is -2.22. The summed E-state index contributed by atoms with van der Waals surface area (Å²) < 4.78 is 3.59. The Morgan fingerprint density at radius 1 is 1.56 bits per heavy atom. The first kappa shape index (κ1) is 11.0. The second kappa shape index (κ2) is 4.14. The van der Waals surface area contributed by atoms with Gasteiger partial charge in [-0.25, -0.2) is 9.97 Å². The second-order valence-corrected chi connectivity index (χ2v) is 4.21. The summed E-state index contributed by atoms with van der Waals surface area (Å²) >= 11 is 4.98. The molecule has 0 bridgehead atoms. The van der Waals surface area contributed by atoms with Gasteiger partial charge in [0.1, 0.15) is 24.6 Å². The van der Waals surface area contributed by atoms with Crippen molar-refractivity contribution in [3.8, 4) is 0 Å². The number of aromatic amines is 1. The van der Waals surface area contributed by atoms with Crippen molar-refractivity contribution < 1.29 is 5.11 Å². The van der Waals surface area contributed by atoms with Crippen LogP contribution in [0.1, 0.15) is 6.92 Å². The van der Waals surface area contributed by atoms with Crippen molar-refractivity contribution in [2.24, 2.45) is 0 Å². The molecule has 0 amide bonds. The smallest absolute Gasteiger partial charge is 0.215 e. The molecule has 0 saturated heterocycles. The van der Waals surface area contributed by atoms with Crippen LogP contribution < -0.4 is 0 Å². The van der Waals surface area contributed by atoms with Crippen LogP contribution in [0.25, 0.3) is 0 Å². The van der Waals surface area contributed by atoms with Gasteiger partial charge in [-0.3, -0.25) is 14.5 Å². The minimum atomic E-state index is -0.974. The first-order valence-electron chi connectivity index (χ1n) is 4.72. The summed E-state index contributed by atoms with van der Waals surface area (Å²) in [5, 5.41) is 17.0. The van der Waals surface area contributed by atoms with E-state index in [-0.39, 0.29) is 0 Å². The van der Waals surface area contributed by atoms with E-state index in [0.717, 1.165) is 0 Å². The quantitative estimate of drug-likeness (QED) is 0.734. The largest absolute Gasteiger partial charge is 0.386 e. The van der Waals surface area contributed by atoms with Crippen molar-refractivity contribution in [2.75, 3.05) is 0 Å². The maximum atomic E-state index is 10.2. The lowest BCUT2D eigenvalue weighted by atomic mass is 10.1. The molecule has 0 aliphatic heterocycles. The van der Waals surface area contributed by atoms with Crippen LogP contribution in [0.3, 0.4) is 0 Å². The minimum Gasteiger partial charge on any atom is -0.386 e. The maximum absolute atomic E-state index is 10.2. The van der Waals surface area contributed by atoms with Crippen molar-refractivity contribution in [1.82, 2.24) is 29.5 Å². The van der Waals surface area contributed by atoms with Crippen LogP contribution in [0.2, 0.25) is 0 Å². The zero-order valence-electron chi connectivity index (χ0n) is 8.74. The molecule has 0 aliphatic carbocycles. The highest BCUT2D eigenvalue weighted by atomic mass is 32.1. The van der Waals surface area contributed by atoms with Gasteiger partial charge < -0.3 is 5.11 Å². The second-order valence-electron chi connectivity index (χ2n) is 3.85. The molecule has 0 saturated carbocycles. The molecule has 1 atom stereocenters. The fourth-order valence-corrected chi connectivity index (χ4v) is 1.62. The number of nitrogens with one attached hydrogen (secondary N) is 1. The van der Waals surface area contributed by atoms with E-state index in [2.05, 4.69) is 20.2 Å². The molecule has 2 heterocycles. The zero-order chi connectivity index (χ0) is 11.6. The predicted octanol–water partition coefficient (Wildman–Crippen LogP) is -0.0166. The van der Waals surface area contributed by atoms with Gasteiger partial charge in [0.05, 0.1) is 13.1 Å². The number of rotatable bonds is 4. The molecule has 8 heteroatoms. The van der Waals surface area contributed by atoms with E-state index in [4.69, 9.17) is 12.2 Å². The topological polar surface area (TPSA) is 84.5 Å². The molecular formula is C8H12N6OS. The van der Waals surface area contributed by atoms with Crippen molar-refractivity contribution in [2.45, 2.75) is 25.6 Å². The number of nitrogens with zero attached hydrogens (tertiary/aromatic N) is 5. The molecular weight excluding hydrogens is 228 g/mol. The molecule has 86 valence electrons. The summed E-state index contributed by atoms with van der Waals surface area (Å²) in [6, 6.07) is 0. The lowest BCUT2D eigenvalue weighted by Crippen LogP contribution is -2.36. The summed E-state index contributed by atoms with van der Waals surface area (Å²) in [6.45, 7) is 2.37. The molecule has 2 N–H and O–H groups in total. The third-order valence-corrected chi connectivity index (χ3v) is 2.41. The monoisotopic (exact) mass is 240 g/mol. The summed E-state index contributed by atoms with van der Waals surface area (Å²) in [5.41, 5.74) is -0.974. The third kappa shape index (κ3) is 2.52. The van der Waals surface area contributed by atoms with Gasteiger partial charge in [0.2, 0.25) is 4.77 Å². The molecule has 2 aromatic rings. The molecule has 2 aromatic heterocycles. The summed E-state index contributed by atoms with van der Waals surface area (Å²) in [7, 11) is 0. The molecule has 16 heavy (non-hydrogen) atoms. The van der Waals surface area contributed by atoms with Gasteiger partial charge in [-0.2, -0.15) is 5.10 Å². The van der Waals surface area contributed by atoms with Crippen LogP contribution in [0, 0.1) is 4.77 Å². The van der Waals surface area contributed by atoms with Crippen LogP contribution in [0.5, 0.6) is 0 Å². The van der Waals surface area contributed by atoms with Gasteiger partial charge in [0.25, 0.3) is 0 Å². The van der Waals surface area contributed by atoms with Crippen molar-refractivity contribution >= 4 is 12.2 Å².